The lowest BCUT2D eigenvalue weighted by Gasteiger charge is -2.43. The Morgan fingerprint density at radius 3 is 2.47 bits per heavy atom. The molecule has 0 aromatic carbocycles. The summed E-state index contributed by atoms with van der Waals surface area (Å²) >= 11 is 0. The zero-order chi connectivity index (χ0) is 14.3. The highest BCUT2D eigenvalue weighted by atomic mass is 32.2. The van der Waals surface area contributed by atoms with Crippen molar-refractivity contribution in [3.8, 4) is 0 Å². The number of nitrogens with one attached hydrogen (secondary N) is 1. The summed E-state index contributed by atoms with van der Waals surface area (Å²) in [6, 6.07) is 0.545. The van der Waals surface area contributed by atoms with Crippen molar-refractivity contribution in [2.24, 2.45) is 16.7 Å². The lowest BCUT2D eigenvalue weighted by atomic mass is 9.68. The third-order valence-electron chi connectivity index (χ3n) is 5.69. The Morgan fingerprint density at radius 1 is 1.26 bits per heavy atom. The predicted molar refractivity (Wildman–Crippen MR) is 80.0 cm³/mol. The Labute approximate surface area is 118 Å². The summed E-state index contributed by atoms with van der Waals surface area (Å²) in [5, 5.41) is 3.68. The average Bonchev–Trinajstić information content (AvgIpc) is 2.79. The highest BCUT2D eigenvalue weighted by Gasteiger charge is 2.58. The molecule has 2 aliphatic carbocycles. The quantitative estimate of drug-likeness (QED) is 0.764. The molecule has 0 radical (unpaired) electrons. The molecule has 2 rings (SSSR count). The molecule has 0 spiro atoms. The van der Waals surface area contributed by atoms with Crippen molar-refractivity contribution in [1.29, 1.82) is 0 Å². The van der Waals surface area contributed by atoms with Gasteiger partial charge in [0.05, 0.1) is 5.75 Å². The van der Waals surface area contributed by atoms with Crippen molar-refractivity contribution >= 4 is 9.84 Å². The van der Waals surface area contributed by atoms with E-state index in [9.17, 15) is 8.42 Å². The summed E-state index contributed by atoms with van der Waals surface area (Å²) in [7, 11) is -2.81. The molecular weight excluding hydrogens is 258 g/mol. The molecular formula is C15H29NO2S. The molecule has 0 heterocycles. The van der Waals surface area contributed by atoms with Crippen molar-refractivity contribution in [2.75, 3.05) is 18.1 Å². The summed E-state index contributed by atoms with van der Waals surface area (Å²) in [4.78, 5) is 0. The van der Waals surface area contributed by atoms with Crippen molar-refractivity contribution < 1.29 is 8.42 Å². The highest BCUT2D eigenvalue weighted by molar-refractivity contribution is 7.91. The molecule has 3 atom stereocenters. The normalized spacial score (nSPS) is 36.8. The fourth-order valence-corrected chi connectivity index (χ4v) is 5.37. The van der Waals surface area contributed by atoms with Crippen molar-refractivity contribution in [2.45, 2.75) is 59.4 Å². The average molecular weight is 287 g/mol. The van der Waals surface area contributed by atoms with Crippen LogP contribution in [0.25, 0.3) is 0 Å². The standard InChI is InChI=1S/C15H29NO2S/c1-5-19(17,18)10-6-9-16-13-14(2,3)12-7-8-15(13,4)11-12/h12-13,16H,5-11H2,1-4H3. The molecule has 0 aliphatic heterocycles. The monoisotopic (exact) mass is 287 g/mol. The number of hydrogen-bond acceptors (Lipinski definition) is 3. The van der Waals surface area contributed by atoms with E-state index in [1.54, 1.807) is 6.92 Å². The molecule has 4 heteroatoms. The maximum atomic E-state index is 11.5. The fraction of sp³-hybridized carbons (Fsp3) is 1.00. The minimum Gasteiger partial charge on any atom is -0.313 e. The Morgan fingerprint density at radius 2 is 1.95 bits per heavy atom. The fourth-order valence-electron chi connectivity index (χ4n) is 4.49. The Hall–Kier alpha value is -0.0900. The number of sulfone groups is 1. The molecule has 0 saturated heterocycles. The van der Waals surface area contributed by atoms with Gasteiger partial charge >= 0.3 is 0 Å². The van der Waals surface area contributed by atoms with Crippen LogP contribution in [0.3, 0.4) is 0 Å². The Bertz CT molecular complexity index is 425. The summed E-state index contributed by atoms with van der Waals surface area (Å²) in [5.41, 5.74) is 0.786. The second kappa shape index (κ2) is 5.03. The molecule has 2 saturated carbocycles. The van der Waals surface area contributed by atoms with Crippen LogP contribution in [-0.4, -0.2) is 32.5 Å². The van der Waals surface area contributed by atoms with Gasteiger partial charge in [0.25, 0.3) is 0 Å². The van der Waals surface area contributed by atoms with E-state index in [1.165, 1.54) is 19.3 Å². The molecule has 0 amide bonds. The maximum absolute atomic E-state index is 11.5. The van der Waals surface area contributed by atoms with Gasteiger partial charge in [-0.1, -0.05) is 27.7 Å². The molecule has 3 nitrogen and oxygen atoms in total. The van der Waals surface area contributed by atoms with Crippen LogP contribution in [0.2, 0.25) is 0 Å². The van der Waals surface area contributed by atoms with Gasteiger partial charge in [0.15, 0.2) is 0 Å². The number of fused-ring (bicyclic) bond motifs is 2. The van der Waals surface area contributed by atoms with Crippen LogP contribution in [0, 0.1) is 16.7 Å². The Balaban J connectivity index is 1.86. The first kappa shape index (κ1) is 15.3. The summed E-state index contributed by atoms with van der Waals surface area (Å²) < 4.78 is 23.0. The minimum absolute atomic E-state index is 0.266. The maximum Gasteiger partial charge on any atom is 0.150 e. The molecule has 19 heavy (non-hydrogen) atoms. The van der Waals surface area contributed by atoms with Crippen molar-refractivity contribution in [3.63, 3.8) is 0 Å². The third kappa shape index (κ3) is 2.85. The summed E-state index contributed by atoms with van der Waals surface area (Å²) in [5.74, 6) is 1.43. The lowest BCUT2D eigenvalue weighted by Crippen LogP contribution is -2.50. The van der Waals surface area contributed by atoms with Gasteiger partial charge in [-0.15, -0.1) is 0 Å². The van der Waals surface area contributed by atoms with Gasteiger partial charge in [0.2, 0.25) is 0 Å². The molecule has 2 bridgehead atoms. The second-order valence-electron chi connectivity index (χ2n) is 7.39. The highest BCUT2D eigenvalue weighted by Crippen LogP contribution is 2.62. The van der Waals surface area contributed by atoms with Gasteiger partial charge in [-0.3, -0.25) is 0 Å². The van der Waals surface area contributed by atoms with E-state index in [4.69, 9.17) is 0 Å². The zero-order valence-electron chi connectivity index (χ0n) is 12.8. The topological polar surface area (TPSA) is 46.2 Å². The van der Waals surface area contributed by atoms with Crippen LogP contribution < -0.4 is 5.32 Å². The van der Waals surface area contributed by atoms with E-state index in [2.05, 4.69) is 26.1 Å². The largest absolute Gasteiger partial charge is 0.313 e. The summed E-state index contributed by atoms with van der Waals surface area (Å²) in [6.45, 7) is 9.71. The van der Waals surface area contributed by atoms with Crippen LogP contribution in [0.4, 0.5) is 0 Å². The molecule has 112 valence electrons. The van der Waals surface area contributed by atoms with E-state index >= 15 is 0 Å². The molecule has 3 unspecified atom stereocenters. The van der Waals surface area contributed by atoms with Crippen LogP contribution in [0.1, 0.15) is 53.4 Å². The number of rotatable bonds is 6. The molecule has 1 N–H and O–H groups in total. The van der Waals surface area contributed by atoms with Gasteiger partial charge in [0, 0.05) is 11.8 Å². The minimum atomic E-state index is -2.81. The van der Waals surface area contributed by atoms with Gasteiger partial charge in [-0.2, -0.15) is 0 Å². The first-order chi connectivity index (χ1) is 8.71. The van der Waals surface area contributed by atoms with Crippen LogP contribution >= 0.6 is 0 Å². The van der Waals surface area contributed by atoms with Gasteiger partial charge < -0.3 is 5.32 Å². The number of hydrogen-bond donors (Lipinski definition) is 1. The van der Waals surface area contributed by atoms with Gasteiger partial charge in [-0.25, -0.2) is 8.42 Å². The smallest absolute Gasteiger partial charge is 0.150 e. The predicted octanol–water partition coefficient (Wildman–Crippen LogP) is 2.62. The lowest BCUT2D eigenvalue weighted by molar-refractivity contribution is 0.110. The second-order valence-corrected chi connectivity index (χ2v) is 9.86. The molecule has 0 aromatic heterocycles. The van der Waals surface area contributed by atoms with Crippen molar-refractivity contribution in [3.05, 3.63) is 0 Å². The van der Waals surface area contributed by atoms with Crippen LogP contribution in [-0.2, 0) is 9.84 Å². The molecule has 2 aliphatic rings. The first-order valence-electron chi connectivity index (χ1n) is 7.65. The third-order valence-corrected chi connectivity index (χ3v) is 7.48. The molecule has 0 aromatic rings. The van der Waals surface area contributed by atoms with Crippen LogP contribution in [0.5, 0.6) is 0 Å². The van der Waals surface area contributed by atoms with E-state index in [1.807, 2.05) is 0 Å². The van der Waals surface area contributed by atoms with E-state index < -0.39 is 9.84 Å². The van der Waals surface area contributed by atoms with Gasteiger partial charge in [-0.05, 0) is 49.0 Å². The van der Waals surface area contributed by atoms with Crippen molar-refractivity contribution in [1.82, 2.24) is 5.32 Å². The summed E-state index contributed by atoms with van der Waals surface area (Å²) in [6.07, 6.45) is 4.77. The van der Waals surface area contributed by atoms with Gasteiger partial charge in [0.1, 0.15) is 9.84 Å². The SMILES string of the molecule is CCS(=O)(=O)CCCNC1C2(C)CCC(C2)C1(C)C. The Kier molecular flexibility index (Phi) is 4.05. The van der Waals surface area contributed by atoms with E-state index in [0.29, 0.717) is 22.6 Å². The molecule has 2 fully saturated rings. The zero-order valence-corrected chi connectivity index (χ0v) is 13.6. The van der Waals surface area contributed by atoms with E-state index in [-0.39, 0.29) is 5.75 Å². The van der Waals surface area contributed by atoms with Crippen LogP contribution in [0.15, 0.2) is 0 Å². The first-order valence-corrected chi connectivity index (χ1v) is 9.47. The van der Waals surface area contributed by atoms with E-state index in [0.717, 1.165) is 18.9 Å².